The van der Waals surface area contributed by atoms with Crippen molar-refractivity contribution in [3.8, 4) is 0 Å². The van der Waals surface area contributed by atoms with Crippen LogP contribution in [0.15, 0.2) is 0 Å². The van der Waals surface area contributed by atoms with Gasteiger partial charge in [0, 0.05) is 26.1 Å². The molecule has 18 heavy (non-hydrogen) atoms. The minimum atomic E-state index is -1.11. The third-order valence-corrected chi connectivity index (χ3v) is 4.58. The summed E-state index contributed by atoms with van der Waals surface area (Å²) in [5.74, 6) is -1.11. The van der Waals surface area contributed by atoms with Crippen LogP contribution in [0.25, 0.3) is 0 Å². The zero-order chi connectivity index (χ0) is 13.1. The molecule has 1 N–H and O–H groups in total. The van der Waals surface area contributed by atoms with Crippen LogP contribution >= 0.6 is 11.3 Å². The number of aryl methyl sites for hydroxylation is 1. The van der Waals surface area contributed by atoms with Crippen molar-refractivity contribution in [1.29, 1.82) is 0 Å². The molecule has 0 aliphatic carbocycles. The molecule has 1 aromatic rings. The van der Waals surface area contributed by atoms with Gasteiger partial charge in [-0.3, -0.25) is 4.90 Å². The number of piperazine rings is 1. The van der Waals surface area contributed by atoms with E-state index in [1.54, 1.807) is 11.8 Å². The highest BCUT2D eigenvalue weighted by atomic mass is 32.1. The van der Waals surface area contributed by atoms with Gasteiger partial charge in [0.25, 0.3) is 0 Å². The van der Waals surface area contributed by atoms with E-state index in [1.807, 2.05) is 0 Å². The quantitative estimate of drug-likeness (QED) is 0.700. The zero-order valence-corrected chi connectivity index (χ0v) is 11.7. The summed E-state index contributed by atoms with van der Waals surface area (Å²) in [5.41, 5.74) is 0.581. The molecule has 0 spiro atoms. The fraction of sp³-hybridized carbons (Fsp3) is 0.667. The van der Waals surface area contributed by atoms with Gasteiger partial charge < -0.3 is 14.8 Å². The molecule has 0 radical (unpaired) electrons. The van der Waals surface area contributed by atoms with Crippen molar-refractivity contribution in [2.24, 2.45) is 0 Å². The first-order chi connectivity index (χ1) is 8.56. The molecule has 1 aliphatic rings. The van der Waals surface area contributed by atoms with Gasteiger partial charge in [0.1, 0.15) is 0 Å². The second kappa shape index (κ2) is 5.77. The number of nitrogens with one attached hydrogen (secondary N) is 1. The minimum Gasteiger partial charge on any atom is -0.544 e. The van der Waals surface area contributed by atoms with Crippen molar-refractivity contribution < 1.29 is 14.8 Å². The molecule has 100 valence electrons. The number of likely N-dealkylation sites (N-methyl/N-ethyl adjacent to an activating group) is 1. The molecule has 0 saturated carbocycles. The number of quaternary nitrogens is 1. The summed E-state index contributed by atoms with van der Waals surface area (Å²) in [5, 5.41) is 11.7. The van der Waals surface area contributed by atoms with Crippen molar-refractivity contribution in [1.82, 2.24) is 9.88 Å². The summed E-state index contributed by atoms with van der Waals surface area (Å²) in [6.07, 6.45) is 0.831. The average molecular weight is 269 g/mol. The highest BCUT2D eigenvalue weighted by Crippen LogP contribution is 2.17. The van der Waals surface area contributed by atoms with E-state index in [1.165, 1.54) is 24.4 Å². The maximum absolute atomic E-state index is 10.8. The molecular formula is C12H19N3O2S. The number of carbonyl (C=O) groups excluding carboxylic acids is 1. The number of rotatable bonds is 4. The van der Waals surface area contributed by atoms with Crippen LogP contribution < -0.4 is 10.0 Å². The topological polar surface area (TPSA) is 60.7 Å². The average Bonchev–Trinajstić information content (AvgIpc) is 2.70. The van der Waals surface area contributed by atoms with Crippen molar-refractivity contribution >= 4 is 17.3 Å². The van der Waals surface area contributed by atoms with Gasteiger partial charge in [0.15, 0.2) is 0 Å². The molecule has 5 nitrogen and oxygen atoms in total. The Labute approximate surface area is 111 Å². The lowest BCUT2D eigenvalue weighted by Crippen LogP contribution is -3.12. The van der Waals surface area contributed by atoms with Crippen LogP contribution in [0.4, 0.5) is 0 Å². The Kier molecular flexibility index (Phi) is 4.31. The highest BCUT2D eigenvalue weighted by molar-refractivity contribution is 7.13. The normalized spacial score (nSPS) is 18.1. The van der Waals surface area contributed by atoms with Crippen LogP contribution in [0.1, 0.15) is 20.4 Å². The predicted molar refractivity (Wildman–Crippen MR) is 67.9 cm³/mol. The summed E-state index contributed by atoms with van der Waals surface area (Å²) < 4.78 is 0. The van der Waals surface area contributed by atoms with Crippen LogP contribution in [0.5, 0.6) is 0 Å². The summed E-state index contributed by atoms with van der Waals surface area (Å²) in [6.45, 7) is 7.28. The number of aromatic nitrogens is 1. The molecule has 1 aliphatic heterocycles. The summed E-state index contributed by atoms with van der Waals surface area (Å²) in [6, 6.07) is 0. The van der Waals surface area contributed by atoms with E-state index in [9.17, 15) is 9.90 Å². The molecular weight excluding hydrogens is 250 g/mol. The van der Waals surface area contributed by atoms with E-state index in [-0.39, 0.29) is 4.88 Å². The maximum atomic E-state index is 10.8. The lowest BCUT2D eigenvalue weighted by Gasteiger charge is -2.29. The molecule has 0 atom stereocenters. The Morgan fingerprint density at radius 3 is 2.72 bits per heavy atom. The predicted octanol–water partition coefficient (Wildman–Crippen LogP) is -1.81. The largest absolute Gasteiger partial charge is 0.544 e. The van der Waals surface area contributed by atoms with Crippen molar-refractivity contribution in [2.45, 2.75) is 13.3 Å². The van der Waals surface area contributed by atoms with Crippen molar-refractivity contribution in [3.05, 3.63) is 15.6 Å². The Morgan fingerprint density at radius 1 is 1.50 bits per heavy atom. The summed E-state index contributed by atoms with van der Waals surface area (Å²) >= 11 is 1.25. The Balaban J connectivity index is 1.86. The van der Waals surface area contributed by atoms with Gasteiger partial charge in [-0.15, -0.1) is 11.3 Å². The third-order valence-electron chi connectivity index (χ3n) is 3.38. The number of carboxylic acid groups (broad SMARTS) is 1. The number of aromatic carboxylic acids is 1. The molecule has 1 fully saturated rings. The SMILES string of the molecule is Cc1nc(CCN2CC[NH+](C)CC2)sc1C(=O)[O-]. The van der Waals surface area contributed by atoms with Crippen LogP contribution in [-0.4, -0.2) is 55.6 Å². The van der Waals surface area contributed by atoms with E-state index in [4.69, 9.17) is 0 Å². The fourth-order valence-corrected chi connectivity index (χ4v) is 3.05. The van der Waals surface area contributed by atoms with Gasteiger partial charge in [-0.05, 0) is 6.92 Å². The number of hydrogen-bond acceptors (Lipinski definition) is 5. The number of hydrogen-bond donors (Lipinski definition) is 1. The van der Waals surface area contributed by atoms with Gasteiger partial charge in [-0.1, -0.05) is 0 Å². The smallest absolute Gasteiger partial charge is 0.0947 e. The fourth-order valence-electron chi connectivity index (χ4n) is 2.16. The molecule has 1 saturated heterocycles. The van der Waals surface area contributed by atoms with Gasteiger partial charge in [-0.2, -0.15) is 0 Å². The summed E-state index contributed by atoms with van der Waals surface area (Å²) in [7, 11) is 2.22. The molecule has 2 rings (SSSR count). The Morgan fingerprint density at radius 2 is 2.17 bits per heavy atom. The van der Waals surface area contributed by atoms with E-state index in [0.717, 1.165) is 31.1 Å². The molecule has 6 heteroatoms. The standard InChI is InChI=1S/C12H19N3O2S/c1-9-11(12(16)17)18-10(13-9)3-4-15-7-5-14(2)6-8-15/h3-8H2,1-2H3,(H,16,17). The summed E-state index contributed by atoms with van der Waals surface area (Å²) in [4.78, 5) is 19.4. The van der Waals surface area contributed by atoms with Gasteiger partial charge >= 0.3 is 0 Å². The van der Waals surface area contributed by atoms with E-state index in [0.29, 0.717) is 5.69 Å². The van der Waals surface area contributed by atoms with Gasteiger partial charge in [-0.25, -0.2) is 4.98 Å². The zero-order valence-electron chi connectivity index (χ0n) is 10.9. The lowest BCUT2D eigenvalue weighted by molar-refractivity contribution is -0.884. The van der Waals surface area contributed by atoms with Crippen LogP contribution in [0.2, 0.25) is 0 Å². The third kappa shape index (κ3) is 3.28. The number of carbonyl (C=O) groups is 1. The van der Waals surface area contributed by atoms with Crippen molar-refractivity contribution in [3.63, 3.8) is 0 Å². The first-order valence-corrected chi connectivity index (χ1v) is 7.09. The Hall–Kier alpha value is -0.980. The van der Waals surface area contributed by atoms with E-state index in [2.05, 4.69) is 16.9 Å². The number of carboxylic acids is 1. The van der Waals surface area contributed by atoms with E-state index < -0.39 is 5.97 Å². The van der Waals surface area contributed by atoms with Crippen LogP contribution in [0, 0.1) is 6.92 Å². The second-order valence-electron chi connectivity index (χ2n) is 4.86. The van der Waals surface area contributed by atoms with Gasteiger partial charge in [0.2, 0.25) is 0 Å². The number of nitrogens with zero attached hydrogens (tertiary/aromatic N) is 2. The first-order valence-electron chi connectivity index (χ1n) is 6.27. The lowest BCUT2D eigenvalue weighted by atomic mass is 10.3. The monoisotopic (exact) mass is 269 g/mol. The van der Waals surface area contributed by atoms with Gasteiger partial charge in [0.05, 0.1) is 41.7 Å². The number of thiazole rings is 1. The molecule has 0 amide bonds. The highest BCUT2D eigenvalue weighted by Gasteiger charge is 2.17. The van der Waals surface area contributed by atoms with Crippen molar-refractivity contribution in [2.75, 3.05) is 39.8 Å². The van der Waals surface area contributed by atoms with E-state index >= 15 is 0 Å². The molecule has 0 bridgehead atoms. The molecule has 0 unspecified atom stereocenters. The van der Waals surface area contributed by atoms with Crippen LogP contribution in [-0.2, 0) is 6.42 Å². The Bertz CT molecular complexity index is 425. The minimum absolute atomic E-state index is 0.271. The molecule has 0 aromatic carbocycles. The maximum Gasteiger partial charge on any atom is 0.0947 e. The second-order valence-corrected chi connectivity index (χ2v) is 5.94. The molecule has 1 aromatic heterocycles. The molecule has 2 heterocycles. The first kappa shape index (κ1) is 13.5. The van der Waals surface area contributed by atoms with Crippen LogP contribution in [0.3, 0.4) is 0 Å².